The Bertz CT molecular complexity index is 1010. The van der Waals surface area contributed by atoms with E-state index in [1.165, 1.54) is 4.90 Å². The van der Waals surface area contributed by atoms with Crippen LogP contribution in [0.2, 0.25) is 0 Å². The van der Waals surface area contributed by atoms with Crippen LogP contribution < -0.4 is 9.47 Å². The molecular weight excluding hydrogens is 420 g/mol. The van der Waals surface area contributed by atoms with Gasteiger partial charge in [0.1, 0.15) is 17.2 Å². The van der Waals surface area contributed by atoms with Crippen LogP contribution in [-0.2, 0) is 11.8 Å². The summed E-state index contributed by atoms with van der Waals surface area (Å²) in [5.41, 5.74) is 1.81. The molecule has 1 aromatic carbocycles. The highest BCUT2D eigenvalue weighted by atomic mass is 32.2. The third kappa shape index (κ3) is 3.99. The highest BCUT2D eigenvalue weighted by molar-refractivity contribution is 8.14. The van der Waals surface area contributed by atoms with Crippen LogP contribution in [0.1, 0.15) is 23.3 Å². The molecule has 164 valence electrons. The zero-order valence-corrected chi connectivity index (χ0v) is 18.5. The lowest BCUT2D eigenvalue weighted by Gasteiger charge is -2.35. The molecule has 2 aliphatic heterocycles. The van der Waals surface area contributed by atoms with Crippen molar-refractivity contribution in [2.45, 2.75) is 18.9 Å². The quantitative estimate of drug-likeness (QED) is 0.699. The zero-order chi connectivity index (χ0) is 22.1. The number of methoxy groups -OCH3 is 2. The molecule has 2 fully saturated rings. The minimum atomic E-state index is -0.182. The fourth-order valence-corrected chi connectivity index (χ4v) is 4.80. The number of carbonyl (C=O) groups excluding carboxylic acids is 3. The van der Waals surface area contributed by atoms with Gasteiger partial charge in [0.15, 0.2) is 0 Å². The number of ether oxygens (including phenoxy) is 2. The minimum absolute atomic E-state index is 0.130. The van der Waals surface area contributed by atoms with Crippen LogP contribution in [-0.4, -0.2) is 75.7 Å². The number of aryl methyl sites for hydroxylation is 1. The van der Waals surface area contributed by atoms with Gasteiger partial charge in [0.05, 0.1) is 25.7 Å². The van der Waals surface area contributed by atoms with Crippen LogP contribution in [0.5, 0.6) is 11.5 Å². The first-order valence-corrected chi connectivity index (χ1v) is 11.0. The first kappa shape index (κ1) is 21.2. The summed E-state index contributed by atoms with van der Waals surface area (Å²) >= 11 is 1.05. The first-order valence-electron chi connectivity index (χ1n) is 9.97. The van der Waals surface area contributed by atoms with E-state index in [0.717, 1.165) is 17.3 Å². The molecule has 4 rings (SSSR count). The third-order valence-corrected chi connectivity index (χ3v) is 6.52. The molecule has 2 aliphatic rings. The number of imide groups is 1. The van der Waals surface area contributed by atoms with Crippen LogP contribution >= 0.6 is 11.8 Å². The molecule has 0 atom stereocenters. The summed E-state index contributed by atoms with van der Waals surface area (Å²) in [7, 11) is 4.90. The highest BCUT2D eigenvalue weighted by Gasteiger charge is 2.38. The number of benzene rings is 1. The maximum Gasteiger partial charge on any atom is 0.289 e. The number of amides is 3. The van der Waals surface area contributed by atoms with E-state index in [0.29, 0.717) is 48.8 Å². The lowest BCUT2D eigenvalue weighted by Crippen LogP contribution is -2.48. The molecule has 3 amide bonds. The Kier molecular flexibility index (Phi) is 5.90. The number of piperidine rings is 1. The summed E-state index contributed by atoms with van der Waals surface area (Å²) in [6.45, 7) is 0.961. The monoisotopic (exact) mass is 444 g/mol. The Morgan fingerprint density at radius 2 is 1.87 bits per heavy atom. The van der Waals surface area contributed by atoms with Gasteiger partial charge >= 0.3 is 0 Å². The normalized spacial score (nSPS) is 17.4. The van der Waals surface area contributed by atoms with Gasteiger partial charge in [0.25, 0.3) is 11.1 Å². The molecule has 0 aliphatic carbocycles. The Morgan fingerprint density at radius 3 is 2.48 bits per heavy atom. The maximum absolute atomic E-state index is 13.2. The average Bonchev–Trinajstić information content (AvgIpc) is 3.34. The number of carbonyl (C=O) groups is 3. The molecular formula is C21H24N4O5S. The molecule has 3 heterocycles. The van der Waals surface area contributed by atoms with Crippen LogP contribution in [0.25, 0.3) is 11.3 Å². The van der Waals surface area contributed by atoms with Crippen molar-refractivity contribution in [1.29, 1.82) is 0 Å². The zero-order valence-electron chi connectivity index (χ0n) is 17.7. The van der Waals surface area contributed by atoms with Crippen molar-refractivity contribution >= 4 is 28.8 Å². The predicted octanol–water partition coefficient (Wildman–Crippen LogP) is 2.40. The van der Waals surface area contributed by atoms with Crippen molar-refractivity contribution in [2.75, 3.05) is 33.1 Å². The van der Waals surface area contributed by atoms with Gasteiger partial charge in [-0.15, -0.1) is 0 Å². The number of rotatable bonds is 5. The van der Waals surface area contributed by atoms with E-state index in [1.807, 2.05) is 6.07 Å². The van der Waals surface area contributed by atoms with Crippen molar-refractivity contribution in [3.63, 3.8) is 0 Å². The highest BCUT2D eigenvalue weighted by Crippen LogP contribution is 2.33. The van der Waals surface area contributed by atoms with Gasteiger partial charge in [0, 0.05) is 31.7 Å². The average molecular weight is 445 g/mol. The lowest BCUT2D eigenvalue weighted by atomic mass is 10.0. The largest absolute Gasteiger partial charge is 0.497 e. The fourth-order valence-electron chi connectivity index (χ4n) is 4.02. The van der Waals surface area contributed by atoms with Crippen molar-refractivity contribution in [3.05, 3.63) is 30.0 Å². The number of likely N-dealkylation sites (tertiary alicyclic amines) is 1. The minimum Gasteiger partial charge on any atom is -0.497 e. The smallest absolute Gasteiger partial charge is 0.289 e. The Balaban J connectivity index is 1.50. The Morgan fingerprint density at radius 1 is 1.13 bits per heavy atom. The molecule has 0 saturated carbocycles. The molecule has 1 aromatic heterocycles. The fraction of sp³-hybridized carbons (Fsp3) is 0.429. The van der Waals surface area contributed by atoms with Gasteiger partial charge in [-0.1, -0.05) is 11.8 Å². The molecule has 9 nitrogen and oxygen atoms in total. The molecule has 10 heteroatoms. The molecule has 2 aromatic rings. The Hall–Kier alpha value is -3.01. The third-order valence-electron chi connectivity index (χ3n) is 5.68. The molecule has 0 unspecified atom stereocenters. The van der Waals surface area contributed by atoms with E-state index in [-0.39, 0.29) is 28.8 Å². The molecule has 0 spiro atoms. The number of nitrogens with zero attached hydrogens (tertiary/aromatic N) is 4. The lowest BCUT2D eigenvalue weighted by molar-refractivity contribution is -0.126. The van der Waals surface area contributed by atoms with Crippen LogP contribution in [0.4, 0.5) is 4.79 Å². The van der Waals surface area contributed by atoms with Crippen LogP contribution in [0.3, 0.4) is 0 Å². The SMILES string of the molecule is COc1ccc(OC)c(-c2cc(C(=O)N3CCC(N4C(=O)CSC4=O)CC3)n(C)n2)c1. The van der Waals surface area contributed by atoms with E-state index in [1.54, 1.807) is 49.0 Å². The number of aromatic nitrogens is 2. The number of hydrogen-bond acceptors (Lipinski definition) is 7. The standard InChI is InChI=1S/C21H24N4O5S/c1-23-17(11-16(22-23)15-10-14(29-2)4-5-18(15)30-3)20(27)24-8-6-13(7-9-24)25-19(26)12-31-21(25)28/h4-5,10-11,13H,6-9,12H2,1-3H3. The van der Waals surface area contributed by atoms with Gasteiger partial charge in [0.2, 0.25) is 5.91 Å². The van der Waals surface area contributed by atoms with Gasteiger partial charge < -0.3 is 14.4 Å². The topological polar surface area (TPSA) is 94.0 Å². The van der Waals surface area contributed by atoms with E-state index in [4.69, 9.17) is 9.47 Å². The Labute approximate surface area is 184 Å². The van der Waals surface area contributed by atoms with Crippen molar-refractivity contribution in [2.24, 2.45) is 7.05 Å². The number of thioether (sulfide) groups is 1. The molecule has 2 saturated heterocycles. The van der Waals surface area contributed by atoms with Crippen LogP contribution in [0.15, 0.2) is 24.3 Å². The van der Waals surface area contributed by atoms with Crippen molar-refractivity contribution in [3.8, 4) is 22.8 Å². The van der Waals surface area contributed by atoms with Crippen molar-refractivity contribution < 1.29 is 23.9 Å². The molecule has 31 heavy (non-hydrogen) atoms. The first-order chi connectivity index (χ1) is 14.9. The summed E-state index contributed by atoms with van der Waals surface area (Å²) < 4.78 is 12.3. The van der Waals surface area contributed by atoms with Crippen molar-refractivity contribution in [1.82, 2.24) is 19.6 Å². The van der Waals surface area contributed by atoms with E-state index < -0.39 is 0 Å². The van der Waals surface area contributed by atoms with E-state index in [9.17, 15) is 14.4 Å². The second-order valence-corrected chi connectivity index (χ2v) is 8.37. The summed E-state index contributed by atoms with van der Waals surface area (Å²) in [6, 6.07) is 7.03. The summed E-state index contributed by atoms with van der Waals surface area (Å²) in [4.78, 5) is 40.2. The predicted molar refractivity (Wildman–Crippen MR) is 115 cm³/mol. The van der Waals surface area contributed by atoms with Gasteiger partial charge in [-0.25, -0.2) is 0 Å². The molecule has 0 N–H and O–H groups in total. The molecule has 0 bridgehead atoms. The second kappa shape index (κ2) is 8.62. The van der Waals surface area contributed by atoms with Gasteiger partial charge in [-0.3, -0.25) is 24.0 Å². The second-order valence-electron chi connectivity index (χ2n) is 7.45. The van der Waals surface area contributed by atoms with E-state index >= 15 is 0 Å². The summed E-state index contributed by atoms with van der Waals surface area (Å²) in [5, 5.41) is 4.33. The number of hydrogen-bond donors (Lipinski definition) is 0. The summed E-state index contributed by atoms with van der Waals surface area (Å²) in [5.74, 6) is 1.25. The summed E-state index contributed by atoms with van der Waals surface area (Å²) in [6.07, 6.45) is 1.16. The molecule has 0 radical (unpaired) electrons. The van der Waals surface area contributed by atoms with Gasteiger partial charge in [-0.2, -0.15) is 5.10 Å². The maximum atomic E-state index is 13.2. The van der Waals surface area contributed by atoms with Crippen LogP contribution in [0, 0.1) is 0 Å². The van der Waals surface area contributed by atoms with E-state index in [2.05, 4.69) is 5.10 Å². The van der Waals surface area contributed by atoms with Gasteiger partial charge in [-0.05, 0) is 37.1 Å².